The summed E-state index contributed by atoms with van der Waals surface area (Å²) in [5.74, 6) is 0.869. The number of pyridine rings is 1. The predicted octanol–water partition coefficient (Wildman–Crippen LogP) is 1.79. The Kier molecular flexibility index (Phi) is 1.46. The van der Waals surface area contributed by atoms with E-state index in [1.807, 2.05) is 35.1 Å². The van der Waals surface area contributed by atoms with E-state index in [-0.39, 0.29) is 0 Å². The highest BCUT2D eigenvalue weighted by molar-refractivity contribution is 5.78. The van der Waals surface area contributed by atoms with Crippen molar-refractivity contribution in [1.29, 1.82) is 0 Å². The molecule has 5 rings (SSSR count). The van der Waals surface area contributed by atoms with Gasteiger partial charge in [0.15, 0.2) is 6.54 Å². The highest BCUT2D eigenvalue weighted by Crippen LogP contribution is 2.31. The van der Waals surface area contributed by atoms with Crippen molar-refractivity contribution in [1.82, 2.24) is 14.6 Å². The molecule has 0 aromatic carbocycles. The number of hydrogen-bond acceptors (Lipinski definition) is 3. The molecule has 4 aromatic heterocycles. The van der Waals surface area contributed by atoms with Gasteiger partial charge in [-0.25, -0.2) is 0 Å². The molecular formula is C14H9N4O+. The van der Waals surface area contributed by atoms with Gasteiger partial charge in [-0.3, -0.25) is 4.98 Å². The molecule has 5 heterocycles. The Hall–Kier alpha value is -2.69. The summed E-state index contributed by atoms with van der Waals surface area (Å²) < 4.78 is 10.0. The highest BCUT2D eigenvalue weighted by atomic mass is 16.4. The Morgan fingerprint density at radius 2 is 2.26 bits per heavy atom. The SMILES string of the molecule is c1cnn2c(c1)cc1c2oc2[n+]1Cc1ccncc1-2. The summed E-state index contributed by atoms with van der Waals surface area (Å²) in [5.41, 5.74) is 5.23. The smallest absolute Gasteiger partial charge is 0.378 e. The van der Waals surface area contributed by atoms with Crippen LogP contribution in [0.15, 0.2) is 47.3 Å². The average molecular weight is 249 g/mol. The first-order valence-corrected chi connectivity index (χ1v) is 6.14. The van der Waals surface area contributed by atoms with Crippen molar-refractivity contribution >= 4 is 16.7 Å². The van der Waals surface area contributed by atoms with Crippen LogP contribution in [0.5, 0.6) is 0 Å². The third-order valence-electron chi connectivity index (χ3n) is 3.68. The Bertz CT molecular complexity index is 951. The second-order valence-electron chi connectivity index (χ2n) is 4.72. The fourth-order valence-corrected chi connectivity index (χ4v) is 2.80. The maximum absolute atomic E-state index is 6.01. The molecular weight excluding hydrogens is 240 g/mol. The summed E-state index contributed by atoms with van der Waals surface area (Å²) in [6.07, 6.45) is 5.44. The van der Waals surface area contributed by atoms with E-state index in [2.05, 4.69) is 20.7 Å². The Balaban J connectivity index is 1.93. The molecule has 0 aliphatic carbocycles. The average Bonchev–Trinajstić information content (AvgIpc) is 3.07. The standard InChI is InChI=1S/C14H9N4O/c1-2-10-6-12-14(18(10)16-4-1)19-13-11-7-15-5-3-9(11)8-17(12)13/h1-7H,8H2/q+1. The van der Waals surface area contributed by atoms with Crippen LogP contribution in [-0.4, -0.2) is 14.6 Å². The van der Waals surface area contributed by atoms with Crippen LogP contribution >= 0.6 is 0 Å². The summed E-state index contributed by atoms with van der Waals surface area (Å²) >= 11 is 0. The first-order chi connectivity index (χ1) is 9.42. The van der Waals surface area contributed by atoms with Crippen molar-refractivity contribution in [2.75, 3.05) is 0 Å². The fraction of sp³-hybridized carbons (Fsp3) is 0.0714. The number of rotatable bonds is 0. The van der Waals surface area contributed by atoms with Crippen LogP contribution in [0.2, 0.25) is 0 Å². The van der Waals surface area contributed by atoms with Gasteiger partial charge in [0.1, 0.15) is 5.56 Å². The lowest BCUT2D eigenvalue weighted by Crippen LogP contribution is -2.30. The molecule has 0 N–H and O–H groups in total. The van der Waals surface area contributed by atoms with E-state index in [1.54, 1.807) is 6.20 Å². The van der Waals surface area contributed by atoms with E-state index in [0.717, 1.165) is 34.7 Å². The van der Waals surface area contributed by atoms with Gasteiger partial charge in [-0.05, 0) is 18.2 Å². The van der Waals surface area contributed by atoms with Crippen LogP contribution in [0.25, 0.3) is 28.2 Å². The fourth-order valence-electron chi connectivity index (χ4n) is 2.80. The van der Waals surface area contributed by atoms with E-state index in [1.165, 1.54) is 5.56 Å². The van der Waals surface area contributed by atoms with E-state index >= 15 is 0 Å². The van der Waals surface area contributed by atoms with Crippen LogP contribution < -0.4 is 4.57 Å². The number of aromatic nitrogens is 4. The molecule has 19 heavy (non-hydrogen) atoms. The number of nitrogens with zero attached hydrogens (tertiary/aromatic N) is 4. The molecule has 5 nitrogen and oxygen atoms in total. The van der Waals surface area contributed by atoms with Gasteiger partial charge in [0, 0.05) is 30.2 Å². The predicted molar refractivity (Wildman–Crippen MR) is 67.5 cm³/mol. The van der Waals surface area contributed by atoms with Gasteiger partial charge < -0.3 is 4.42 Å². The van der Waals surface area contributed by atoms with Crippen molar-refractivity contribution in [2.24, 2.45) is 0 Å². The summed E-state index contributed by atoms with van der Waals surface area (Å²) in [5, 5.41) is 4.33. The van der Waals surface area contributed by atoms with Gasteiger partial charge in [0.25, 0.3) is 11.2 Å². The Morgan fingerprint density at radius 1 is 1.26 bits per heavy atom. The third kappa shape index (κ3) is 1.03. The first kappa shape index (κ1) is 9.27. The minimum atomic E-state index is 0.792. The largest absolute Gasteiger partial charge is 0.385 e. The lowest BCUT2D eigenvalue weighted by atomic mass is 10.2. The van der Waals surface area contributed by atoms with Crippen molar-refractivity contribution in [3.05, 3.63) is 48.4 Å². The Labute approximate surface area is 107 Å². The van der Waals surface area contributed by atoms with Gasteiger partial charge in [-0.1, -0.05) is 0 Å². The lowest BCUT2D eigenvalue weighted by Gasteiger charge is -1.90. The van der Waals surface area contributed by atoms with Gasteiger partial charge >= 0.3 is 5.89 Å². The van der Waals surface area contributed by atoms with Crippen LogP contribution in [0.4, 0.5) is 0 Å². The zero-order chi connectivity index (χ0) is 12.4. The zero-order valence-electron chi connectivity index (χ0n) is 9.95. The summed E-state index contributed by atoms with van der Waals surface area (Å²) in [6.45, 7) is 0.830. The third-order valence-corrected chi connectivity index (χ3v) is 3.68. The molecule has 0 radical (unpaired) electrons. The molecule has 0 atom stereocenters. The summed E-state index contributed by atoms with van der Waals surface area (Å²) in [7, 11) is 0. The normalized spacial score (nSPS) is 13.1. The van der Waals surface area contributed by atoms with Crippen LogP contribution in [0.3, 0.4) is 0 Å². The summed E-state index contributed by atoms with van der Waals surface area (Å²) in [4.78, 5) is 4.18. The van der Waals surface area contributed by atoms with Crippen LogP contribution in [-0.2, 0) is 6.54 Å². The minimum Gasteiger partial charge on any atom is -0.378 e. The molecule has 5 heteroatoms. The maximum atomic E-state index is 6.01. The summed E-state index contributed by atoms with van der Waals surface area (Å²) in [6, 6.07) is 8.10. The Morgan fingerprint density at radius 3 is 3.26 bits per heavy atom. The van der Waals surface area contributed by atoms with E-state index in [0.29, 0.717) is 0 Å². The number of hydrogen-bond donors (Lipinski definition) is 0. The minimum absolute atomic E-state index is 0.792. The van der Waals surface area contributed by atoms with Crippen molar-refractivity contribution in [3.63, 3.8) is 0 Å². The van der Waals surface area contributed by atoms with E-state index in [4.69, 9.17) is 4.42 Å². The molecule has 0 bridgehead atoms. The maximum Gasteiger partial charge on any atom is 0.385 e. The molecule has 1 aliphatic heterocycles. The quantitative estimate of drug-likeness (QED) is 0.393. The van der Waals surface area contributed by atoms with Crippen LogP contribution in [0, 0.1) is 0 Å². The van der Waals surface area contributed by atoms with Gasteiger partial charge in [0.2, 0.25) is 0 Å². The van der Waals surface area contributed by atoms with E-state index < -0.39 is 0 Å². The molecule has 0 unspecified atom stereocenters. The molecule has 4 aromatic rings. The highest BCUT2D eigenvalue weighted by Gasteiger charge is 2.35. The molecule has 0 saturated heterocycles. The first-order valence-electron chi connectivity index (χ1n) is 6.14. The molecule has 1 aliphatic rings. The molecule has 0 saturated carbocycles. The van der Waals surface area contributed by atoms with Crippen molar-refractivity contribution < 1.29 is 8.98 Å². The van der Waals surface area contributed by atoms with Gasteiger partial charge in [-0.15, -0.1) is 0 Å². The van der Waals surface area contributed by atoms with Gasteiger partial charge in [-0.2, -0.15) is 14.2 Å². The van der Waals surface area contributed by atoms with Crippen molar-refractivity contribution in [3.8, 4) is 11.5 Å². The van der Waals surface area contributed by atoms with Crippen molar-refractivity contribution in [2.45, 2.75) is 6.54 Å². The zero-order valence-corrected chi connectivity index (χ0v) is 9.95. The number of fused-ring (bicyclic) bond motifs is 7. The monoisotopic (exact) mass is 249 g/mol. The second-order valence-corrected chi connectivity index (χ2v) is 4.72. The number of oxazole rings is 1. The van der Waals surface area contributed by atoms with E-state index in [9.17, 15) is 0 Å². The molecule has 0 amide bonds. The van der Waals surface area contributed by atoms with Gasteiger partial charge in [0.05, 0.1) is 5.52 Å². The molecule has 0 spiro atoms. The molecule has 0 fully saturated rings. The second kappa shape index (κ2) is 3.00. The van der Waals surface area contributed by atoms with Crippen LogP contribution in [0.1, 0.15) is 5.56 Å². The topological polar surface area (TPSA) is 47.2 Å². The molecule has 90 valence electrons. The lowest BCUT2D eigenvalue weighted by molar-refractivity contribution is -0.649.